The van der Waals surface area contributed by atoms with Gasteiger partial charge in [0.1, 0.15) is 19.8 Å². The maximum atomic E-state index is 12.7. The van der Waals surface area contributed by atoms with Crippen LogP contribution in [-0.4, -0.2) is 70.0 Å². The summed E-state index contributed by atoms with van der Waals surface area (Å²) < 4.78 is 34.0. The topological polar surface area (TPSA) is 111 Å². The fourth-order valence-electron chi connectivity index (χ4n) is 8.37. The molecule has 0 saturated carbocycles. The Labute approximate surface area is 427 Å². The van der Waals surface area contributed by atoms with Crippen LogP contribution in [0.2, 0.25) is 0 Å². The Morgan fingerprint density at radius 3 is 1.16 bits per heavy atom. The molecule has 0 bridgehead atoms. The molecule has 0 rings (SSSR count). The van der Waals surface area contributed by atoms with Crippen LogP contribution in [0.4, 0.5) is 0 Å². The van der Waals surface area contributed by atoms with Gasteiger partial charge in [0.05, 0.1) is 27.7 Å². The Morgan fingerprint density at radius 1 is 0.449 bits per heavy atom. The predicted molar refractivity (Wildman–Crippen MR) is 291 cm³/mol. The van der Waals surface area contributed by atoms with Crippen molar-refractivity contribution in [1.82, 2.24) is 0 Å². The highest BCUT2D eigenvalue weighted by molar-refractivity contribution is 7.45. The third-order valence-corrected chi connectivity index (χ3v) is 13.9. The van der Waals surface area contributed by atoms with Crippen molar-refractivity contribution >= 4 is 19.8 Å². The molecule has 406 valence electrons. The second kappa shape index (κ2) is 51.1. The standard InChI is InChI=1S/C59H112NO8P/c1-6-8-10-12-14-16-17-18-19-20-21-22-23-24-25-26-27-28-29-30-31-32-33-34-35-36-37-38-39-40-41-42-43-44-46-48-50-52-59(62)68-57(56-67-69(63,64)66-54-53-60(3,4)5)55-65-58(61)51-49-47-45-15-13-11-9-7-2/h17-18,20-21,23-24,57H,6-16,19,22,25-56H2,1-5H3/b18-17-,21-20-,24-23-. The van der Waals surface area contributed by atoms with E-state index < -0.39 is 26.5 Å². The monoisotopic (exact) mass is 994 g/mol. The second-order valence-corrected chi connectivity index (χ2v) is 22.4. The average Bonchev–Trinajstić information content (AvgIpc) is 3.31. The van der Waals surface area contributed by atoms with Crippen molar-refractivity contribution in [2.45, 2.75) is 283 Å². The number of hydrogen-bond donors (Lipinski definition) is 0. The Hall–Kier alpha value is -1.77. The third-order valence-electron chi connectivity index (χ3n) is 12.9. The minimum absolute atomic E-state index is 0.0280. The maximum absolute atomic E-state index is 12.7. The van der Waals surface area contributed by atoms with Crippen molar-refractivity contribution in [3.05, 3.63) is 36.5 Å². The first-order valence-electron chi connectivity index (χ1n) is 29.2. The summed E-state index contributed by atoms with van der Waals surface area (Å²) in [4.78, 5) is 37.5. The van der Waals surface area contributed by atoms with Gasteiger partial charge in [-0.2, -0.15) is 0 Å². The number of carbonyl (C=O) groups is 2. The summed E-state index contributed by atoms with van der Waals surface area (Å²) in [5.74, 6) is -0.826. The number of phosphoric ester groups is 1. The van der Waals surface area contributed by atoms with Crippen LogP contribution < -0.4 is 4.89 Å². The third kappa shape index (κ3) is 55.4. The van der Waals surface area contributed by atoms with E-state index in [4.69, 9.17) is 18.5 Å². The van der Waals surface area contributed by atoms with E-state index in [1.54, 1.807) is 0 Å². The van der Waals surface area contributed by atoms with Crippen molar-refractivity contribution in [3.8, 4) is 0 Å². The molecule has 0 N–H and O–H groups in total. The van der Waals surface area contributed by atoms with E-state index in [1.165, 1.54) is 199 Å². The molecular weight excluding hydrogens is 882 g/mol. The number of rotatable bonds is 54. The van der Waals surface area contributed by atoms with Gasteiger partial charge in [0, 0.05) is 12.8 Å². The van der Waals surface area contributed by atoms with E-state index in [1.807, 2.05) is 21.1 Å². The highest BCUT2D eigenvalue weighted by Gasteiger charge is 2.22. The number of unbranched alkanes of at least 4 members (excludes halogenated alkanes) is 34. The van der Waals surface area contributed by atoms with Crippen molar-refractivity contribution in [2.24, 2.45) is 0 Å². The quantitative estimate of drug-likeness (QED) is 0.0195. The molecule has 0 aliphatic heterocycles. The normalized spacial score (nSPS) is 13.5. The molecule has 69 heavy (non-hydrogen) atoms. The second-order valence-electron chi connectivity index (χ2n) is 21.0. The van der Waals surface area contributed by atoms with Crippen LogP contribution in [0.3, 0.4) is 0 Å². The number of likely N-dealkylation sites (N-methyl/N-ethyl adjacent to an activating group) is 1. The Bertz CT molecular complexity index is 1260. The summed E-state index contributed by atoms with van der Waals surface area (Å²) in [7, 11) is 1.18. The Kier molecular flexibility index (Phi) is 49.8. The number of quaternary nitrogens is 1. The van der Waals surface area contributed by atoms with Crippen LogP contribution >= 0.6 is 7.82 Å². The van der Waals surface area contributed by atoms with Gasteiger partial charge in [-0.05, 0) is 51.4 Å². The molecule has 0 aromatic heterocycles. The van der Waals surface area contributed by atoms with Gasteiger partial charge < -0.3 is 27.9 Å². The van der Waals surface area contributed by atoms with Crippen LogP contribution in [0, 0.1) is 0 Å². The minimum atomic E-state index is -4.62. The first kappa shape index (κ1) is 67.2. The predicted octanol–water partition coefficient (Wildman–Crippen LogP) is 17.4. The van der Waals surface area contributed by atoms with E-state index >= 15 is 0 Å². The van der Waals surface area contributed by atoms with E-state index in [-0.39, 0.29) is 32.0 Å². The van der Waals surface area contributed by atoms with Crippen LogP contribution in [0.1, 0.15) is 277 Å². The maximum Gasteiger partial charge on any atom is 0.306 e. The molecule has 0 saturated heterocycles. The summed E-state index contributed by atoms with van der Waals surface area (Å²) in [5.41, 5.74) is 0. The van der Waals surface area contributed by atoms with Crippen LogP contribution in [-0.2, 0) is 32.7 Å². The lowest BCUT2D eigenvalue weighted by atomic mass is 10.0. The SMILES string of the molecule is CCCCCCC/C=C\C/C=C\C/C=C\CCCCCCCCCCCCCCCCCCCCCCCCC(=O)OC(COC(=O)CCCCCCCCCC)COP(=O)([O-])OCC[N+](C)(C)C. The lowest BCUT2D eigenvalue weighted by Gasteiger charge is -2.28. The molecule has 0 fully saturated rings. The zero-order valence-electron chi connectivity index (χ0n) is 46.0. The summed E-state index contributed by atoms with van der Waals surface area (Å²) in [6, 6.07) is 0. The van der Waals surface area contributed by atoms with Gasteiger partial charge >= 0.3 is 11.9 Å². The van der Waals surface area contributed by atoms with Gasteiger partial charge in [-0.1, -0.05) is 249 Å². The number of ether oxygens (including phenoxy) is 2. The van der Waals surface area contributed by atoms with Crippen molar-refractivity contribution in [2.75, 3.05) is 47.5 Å². The summed E-state index contributed by atoms with van der Waals surface area (Å²) in [6.45, 7) is 4.21. The van der Waals surface area contributed by atoms with Gasteiger partial charge in [0.2, 0.25) is 0 Å². The highest BCUT2D eigenvalue weighted by Crippen LogP contribution is 2.38. The fraction of sp³-hybridized carbons (Fsp3) is 0.864. The van der Waals surface area contributed by atoms with Gasteiger partial charge in [-0.3, -0.25) is 14.2 Å². The number of esters is 2. The molecule has 0 aliphatic carbocycles. The molecule has 9 nitrogen and oxygen atoms in total. The van der Waals surface area contributed by atoms with E-state index in [2.05, 4.69) is 50.3 Å². The number of carbonyl (C=O) groups excluding carboxylic acids is 2. The zero-order chi connectivity index (χ0) is 50.6. The number of phosphoric acid groups is 1. The molecule has 0 radical (unpaired) electrons. The molecule has 2 atom stereocenters. The minimum Gasteiger partial charge on any atom is -0.756 e. The summed E-state index contributed by atoms with van der Waals surface area (Å²) in [6.07, 6.45) is 62.4. The molecule has 0 aliphatic rings. The molecule has 10 heteroatoms. The van der Waals surface area contributed by atoms with Crippen LogP contribution in [0.5, 0.6) is 0 Å². The summed E-state index contributed by atoms with van der Waals surface area (Å²) in [5, 5.41) is 0. The summed E-state index contributed by atoms with van der Waals surface area (Å²) >= 11 is 0. The average molecular weight is 995 g/mol. The molecule has 0 aromatic rings. The first-order valence-corrected chi connectivity index (χ1v) is 30.7. The van der Waals surface area contributed by atoms with E-state index in [9.17, 15) is 19.0 Å². The Balaban J connectivity index is 3.83. The van der Waals surface area contributed by atoms with Crippen LogP contribution in [0.15, 0.2) is 36.5 Å². The van der Waals surface area contributed by atoms with Crippen molar-refractivity contribution in [1.29, 1.82) is 0 Å². The number of nitrogens with zero attached hydrogens (tertiary/aromatic N) is 1. The first-order chi connectivity index (χ1) is 33.5. The lowest BCUT2D eigenvalue weighted by molar-refractivity contribution is -0.870. The lowest BCUT2D eigenvalue weighted by Crippen LogP contribution is -2.37. The van der Waals surface area contributed by atoms with Gasteiger partial charge in [0.15, 0.2) is 6.10 Å². The Morgan fingerprint density at radius 2 is 0.783 bits per heavy atom. The van der Waals surface area contributed by atoms with E-state index in [0.717, 1.165) is 44.9 Å². The van der Waals surface area contributed by atoms with Gasteiger partial charge in [-0.25, -0.2) is 0 Å². The molecule has 0 heterocycles. The van der Waals surface area contributed by atoms with Crippen LogP contribution in [0.25, 0.3) is 0 Å². The smallest absolute Gasteiger partial charge is 0.306 e. The molecule has 2 unspecified atom stereocenters. The van der Waals surface area contributed by atoms with E-state index in [0.29, 0.717) is 17.4 Å². The molecular formula is C59H112NO8P. The molecule has 0 spiro atoms. The van der Waals surface area contributed by atoms with Crippen molar-refractivity contribution in [3.63, 3.8) is 0 Å². The molecule has 0 amide bonds. The number of hydrogen-bond acceptors (Lipinski definition) is 8. The van der Waals surface area contributed by atoms with Gasteiger partial charge in [0.25, 0.3) is 7.82 Å². The van der Waals surface area contributed by atoms with Gasteiger partial charge in [-0.15, -0.1) is 0 Å². The molecule has 0 aromatic carbocycles. The highest BCUT2D eigenvalue weighted by atomic mass is 31.2. The fourth-order valence-corrected chi connectivity index (χ4v) is 9.10. The largest absolute Gasteiger partial charge is 0.756 e. The van der Waals surface area contributed by atoms with Crippen molar-refractivity contribution < 1.29 is 42.1 Å². The number of allylic oxidation sites excluding steroid dienone is 6. The zero-order valence-corrected chi connectivity index (χ0v) is 46.9.